The first-order valence-corrected chi connectivity index (χ1v) is 10.2. The normalized spacial score (nSPS) is 13.4. The number of hydrogen-bond donors (Lipinski definition) is 3. The fourth-order valence-electron chi connectivity index (χ4n) is 3.41. The van der Waals surface area contributed by atoms with Crippen molar-refractivity contribution in [3.8, 4) is 17.1 Å². The Kier molecular flexibility index (Phi) is 5.72. The van der Waals surface area contributed by atoms with Gasteiger partial charge in [-0.3, -0.25) is 4.90 Å². The Morgan fingerprint density at radius 1 is 1.28 bits per heavy atom. The van der Waals surface area contributed by atoms with Crippen LogP contribution in [0.5, 0.6) is 5.75 Å². The first-order valence-electron chi connectivity index (χ1n) is 10.2. The Morgan fingerprint density at radius 3 is 2.78 bits per heavy atom. The minimum absolute atomic E-state index is 0.0399. The zero-order valence-electron chi connectivity index (χ0n) is 18.0. The number of nitrogens with one attached hydrogen (secondary N) is 2. The number of carboxylic acid groups (broad SMARTS) is 1. The molecular weight excluding hydrogens is 412 g/mol. The molecule has 1 aliphatic heterocycles. The Morgan fingerprint density at radius 2 is 2.09 bits per heavy atom. The second-order valence-electron chi connectivity index (χ2n) is 7.76. The number of urea groups is 1. The molecular formula is C23H24N4O5. The van der Waals surface area contributed by atoms with Gasteiger partial charge in [-0.25, -0.2) is 14.6 Å². The van der Waals surface area contributed by atoms with Crippen LogP contribution < -0.4 is 20.3 Å². The van der Waals surface area contributed by atoms with Crippen molar-refractivity contribution < 1.29 is 23.8 Å². The van der Waals surface area contributed by atoms with Crippen LogP contribution in [0.3, 0.4) is 0 Å². The molecule has 2 heterocycles. The van der Waals surface area contributed by atoms with Crippen LogP contribution in [0.2, 0.25) is 0 Å². The van der Waals surface area contributed by atoms with Crippen LogP contribution in [0.4, 0.5) is 22.2 Å². The minimum atomic E-state index is -1.01. The van der Waals surface area contributed by atoms with E-state index in [-0.39, 0.29) is 23.7 Å². The molecule has 0 atom stereocenters. The highest BCUT2D eigenvalue weighted by atomic mass is 16.5. The lowest BCUT2D eigenvalue weighted by Gasteiger charge is -2.18. The molecule has 1 saturated heterocycles. The number of rotatable bonds is 7. The van der Waals surface area contributed by atoms with E-state index >= 15 is 0 Å². The second kappa shape index (κ2) is 8.62. The summed E-state index contributed by atoms with van der Waals surface area (Å²) in [6.07, 6.45) is 1.53. The van der Waals surface area contributed by atoms with Crippen molar-refractivity contribution in [1.29, 1.82) is 0 Å². The van der Waals surface area contributed by atoms with Crippen LogP contribution in [0.1, 0.15) is 29.8 Å². The number of nitrogens with zero attached hydrogens (tertiary/aromatic N) is 2. The van der Waals surface area contributed by atoms with Gasteiger partial charge in [-0.05, 0) is 50.6 Å². The molecule has 9 nitrogen and oxygen atoms in total. The third-order valence-electron chi connectivity index (χ3n) is 4.95. The number of anilines is 3. The molecule has 32 heavy (non-hydrogen) atoms. The van der Waals surface area contributed by atoms with E-state index in [1.807, 2.05) is 39.0 Å². The number of ether oxygens (including phenoxy) is 1. The first-order chi connectivity index (χ1) is 15.3. The summed E-state index contributed by atoms with van der Waals surface area (Å²) in [6.45, 7) is 6.86. The van der Waals surface area contributed by atoms with E-state index in [9.17, 15) is 14.7 Å². The number of aromatic nitrogens is 1. The van der Waals surface area contributed by atoms with Gasteiger partial charge in [0.15, 0.2) is 5.76 Å². The summed E-state index contributed by atoms with van der Waals surface area (Å²) < 4.78 is 11.8. The SMILES string of the molecule is Cc1ccc(C(=O)O)cc1Nc1ncc(-c2cc(OC(C)C)cc(N3CCNC3=O)c2)o1. The maximum Gasteiger partial charge on any atom is 0.335 e. The maximum atomic E-state index is 12.2. The summed E-state index contributed by atoms with van der Waals surface area (Å²) in [6, 6.07) is 10.4. The van der Waals surface area contributed by atoms with E-state index in [0.717, 1.165) is 5.56 Å². The van der Waals surface area contributed by atoms with Gasteiger partial charge in [0.25, 0.3) is 6.01 Å². The van der Waals surface area contributed by atoms with Gasteiger partial charge in [-0.2, -0.15) is 0 Å². The number of carbonyl (C=O) groups is 2. The van der Waals surface area contributed by atoms with Crippen LogP contribution >= 0.6 is 0 Å². The summed E-state index contributed by atoms with van der Waals surface area (Å²) >= 11 is 0. The van der Waals surface area contributed by atoms with E-state index in [1.54, 1.807) is 23.2 Å². The van der Waals surface area contributed by atoms with E-state index in [0.29, 0.717) is 41.5 Å². The van der Waals surface area contributed by atoms with E-state index in [4.69, 9.17) is 9.15 Å². The number of hydrogen-bond acceptors (Lipinski definition) is 6. The summed E-state index contributed by atoms with van der Waals surface area (Å²) in [5.74, 6) is 0.0827. The third-order valence-corrected chi connectivity index (χ3v) is 4.95. The van der Waals surface area contributed by atoms with Gasteiger partial charge in [-0.1, -0.05) is 6.07 Å². The molecule has 166 valence electrons. The lowest BCUT2D eigenvalue weighted by atomic mass is 10.1. The number of carbonyl (C=O) groups excluding carboxylic acids is 1. The van der Waals surface area contributed by atoms with Crippen molar-refractivity contribution in [2.75, 3.05) is 23.3 Å². The van der Waals surface area contributed by atoms with E-state index in [1.165, 1.54) is 6.07 Å². The number of aryl methyl sites for hydroxylation is 1. The topological polar surface area (TPSA) is 117 Å². The minimum Gasteiger partial charge on any atom is -0.491 e. The highest BCUT2D eigenvalue weighted by Crippen LogP contribution is 2.33. The number of carboxylic acids is 1. The van der Waals surface area contributed by atoms with Gasteiger partial charge in [0.2, 0.25) is 0 Å². The van der Waals surface area contributed by atoms with E-state index in [2.05, 4.69) is 15.6 Å². The highest BCUT2D eigenvalue weighted by molar-refractivity contribution is 5.95. The largest absolute Gasteiger partial charge is 0.491 e. The number of amides is 2. The standard InChI is InChI=1S/C23H24N4O5/c1-13(2)31-18-9-16(8-17(11-18)27-7-6-24-23(27)30)20-12-25-22(32-20)26-19-10-15(21(28)29)5-4-14(19)3/h4-5,8-13H,6-7H2,1-3H3,(H,24,30)(H,25,26)(H,28,29). The summed E-state index contributed by atoms with van der Waals surface area (Å²) in [7, 11) is 0. The molecule has 0 unspecified atom stereocenters. The van der Waals surface area contributed by atoms with Gasteiger partial charge in [-0.15, -0.1) is 0 Å². The summed E-state index contributed by atoms with van der Waals surface area (Å²) in [5, 5.41) is 15.1. The van der Waals surface area contributed by atoms with Crippen molar-refractivity contribution in [3.63, 3.8) is 0 Å². The molecule has 0 spiro atoms. The quantitative estimate of drug-likeness (QED) is 0.502. The zero-order chi connectivity index (χ0) is 22.8. The highest BCUT2D eigenvalue weighted by Gasteiger charge is 2.23. The molecule has 4 rings (SSSR count). The lowest BCUT2D eigenvalue weighted by Crippen LogP contribution is -2.27. The Labute approximate surface area is 185 Å². The van der Waals surface area contributed by atoms with Gasteiger partial charge < -0.3 is 24.9 Å². The van der Waals surface area contributed by atoms with Crippen LogP contribution in [-0.4, -0.2) is 41.3 Å². The summed E-state index contributed by atoms with van der Waals surface area (Å²) in [5.41, 5.74) is 3.00. The smallest absolute Gasteiger partial charge is 0.335 e. The average molecular weight is 436 g/mol. The molecule has 0 saturated carbocycles. The lowest BCUT2D eigenvalue weighted by molar-refractivity contribution is 0.0697. The van der Waals surface area contributed by atoms with Crippen LogP contribution in [-0.2, 0) is 0 Å². The molecule has 1 aliphatic rings. The fourth-order valence-corrected chi connectivity index (χ4v) is 3.41. The van der Waals surface area contributed by atoms with Gasteiger partial charge in [0.05, 0.1) is 17.9 Å². The zero-order valence-corrected chi connectivity index (χ0v) is 18.0. The van der Waals surface area contributed by atoms with Gasteiger partial charge in [0, 0.05) is 36.1 Å². The maximum absolute atomic E-state index is 12.2. The van der Waals surface area contributed by atoms with Crippen molar-refractivity contribution >= 4 is 29.4 Å². The monoisotopic (exact) mass is 436 g/mol. The van der Waals surface area contributed by atoms with Crippen LogP contribution in [0, 0.1) is 6.92 Å². The average Bonchev–Trinajstić information content (AvgIpc) is 3.38. The number of benzene rings is 2. The molecule has 0 aliphatic carbocycles. The Balaban J connectivity index is 1.65. The predicted molar refractivity (Wildman–Crippen MR) is 120 cm³/mol. The molecule has 3 aromatic rings. The molecule has 2 amide bonds. The molecule has 9 heteroatoms. The second-order valence-corrected chi connectivity index (χ2v) is 7.76. The molecule has 1 aromatic heterocycles. The first kappa shape index (κ1) is 21.2. The van der Waals surface area contributed by atoms with Crippen molar-refractivity contribution in [1.82, 2.24) is 10.3 Å². The predicted octanol–water partition coefficient (Wildman–Crippen LogP) is 4.41. The molecule has 1 fully saturated rings. The van der Waals surface area contributed by atoms with Crippen molar-refractivity contribution in [2.45, 2.75) is 26.9 Å². The Hall–Kier alpha value is -4.01. The third kappa shape index (κ3) is 4.51. The van der Waals surface area contributed by atoms with E-state index < -0.39 is 5.97 Å². The Bertz CT molecular complexity index is 1170. The van der Waals surface area contributed by atoms with Crippen LogP contribution in [0.25, 0.3) is 11.3 Å². The number of aromatic carboxylic acids is 1. The van der Waals surface area contributed by atoms with Crippen molar-refractivity contribution in [3.05, 3.63) is 53.7 Å². The van der Waals surface area contributed by atoms with Gasteiger partial charge >= 0.3 is 12.0 Å². The summed E-state index contributed by atoms with van der Waals surface area (Å²) in [4.78, 5) is 29.3. The molecule has 0 radical (unpaired) electrons. The van der Waals surface area contributed by atoms with Crippen LogP contribution in [0.15, 0.2) is 47.0 Å². The van der Waals surface area contributed by atoms with Gasteiger partial charge in [0.1, 0.15) is 5.75 Å². The number of oxazole rings is 1. The molecule has 0 bridgehead atoms. The van der Waals surface area contributed by atoms with Crippen molar-refractivity contribution in [2.24, 2.45) is 0 Å². The fraction of sp³-hybridized carbons (Fsp3) is 0.261. The molecule has 3 N–H and O–H groups in total. The molecule has 2 aromatic carbocycles.